The summed E-state index contributed by atoms with van der Waals surface area (Å²) in [5.74, 6) is -0.304. The fraction of sp³-hybridized carbons (Fsp3) is 0.222. The maximum atomic E-state index is 12.5. The number of nitrogens with zero attached hydrogens (tertiary/aromatic N) is 2. The van der Waals surface area contributed by atoms with Gasteiger partial charge in [-0.2, -0.15) is 0 Å². The van der Waals surface area contributed by atoms with Gasteiger partial charge in [0, 0.05) is 30.4 Å². The van der Waals surface area contributed by atoms with Crippen LogP contribution in [0.1, 0.15) is 10.4 Å². The summed E-state index contributed by atoms with van der Waals surface area (Å²) in [4.78, 5) is 36.2. The highest BCUT2D eigenvalue weighted by molar-refractivity contribution is 5.99. The fourth-order valence-electron chi connectivity index (χ4n) is 2.37. The zero-order chi connectivity index (χ0) is 20.0. The fourth-order valence-corrected chi connectivity index (χ4v) is 2.37. The van der Waals surface area contributed by atoms with E-state index in [1.54, 1.807) is 24.3 Å². The van der Waals surface area contributed by atoms with E-state index in [0.29, 0.717) is 11.4 Å². The van der Waals surface area contributed by atoms with E-state index in [9.17, 15) is 19.7 Å². The Morgan fingerprint density at radius 1 is 1.15 bits per heavy atom. The van der Waals surface area contributed by atoms with Crippen LogP contribution in [0.2, 0.25) is 0 Å². The summed E-state index contributed by atoms with van der Waals surface area (Å²) in [6.07, 6.45) is 0. The third-order valence-corrected chi connectivity index (χ3v) is 3.70. The highest BCUT2D eigenvalue weighted by Crippen LogP contribution is 2.27. The molecule has 0 saturated heterocycles. The van der Waals surface area contributed by atoms with E-state index in [0.717, 1.165) is 6.07 Å². The molecule has 0 spiro atoms. The second-order valence-electron chi connectivity index (χ2n) is 5.59. The van der Waals surface area contributed by atoms with Crippen molar-refractivity contribution in [3.8, 4) is 11.5 Å². The lowest BCUT2D eigenvalue weighted by Gasteiger charge is -2.17. The van der Waals surface area contributed by atoms with Crippen LogP contribution in [0, 0.1) is 10.1 Å². The number of hydrogen-bond acceptors (Lipinski definition) is 6. The van der Waals surface area contributed by atoms with Crippen LogP contribution in [0.15, 0.2) is 42.5 Å². The van der Waals surface area contributed by atoms with Gasteiger partial charge in [-0.1, -0.05) is 6.07 Å². The molecule has 0 unspecified atom stereocenters. The average Bonchev–Trinajstić information content (AvgIpc) is 2.66. The van der Waals surface area contributed by atoms with E-state index >= 15 is 0 Å². The van der Waals surface area contributed by atoms with Gasteiger partial charge in [0.15, 0.2) is 5.75 Å². The monoisotopic (exact) mass is 373 g/mol. The van der Waals surface area contributed by atoms with Crippen LogP contribution < -0.4 is 14.8 Å². The third kappa shape index (κ3) is 4.94. The zero-order valence-corrected chi connectivity index (χ0v) is 15.1. The molecule has 0 atom stereocenters. The summed E-state index contributed by atoms with van der Waals surface area (Å²) in [6, 6.07) is 10.7. The molecule has 142 valence electrons. The van der Waals surface area contributed by atoms with E-state index in [2.05, 4.69) is 5.32 Å². The Morgan fingerprint density at radius 2 is 1.89 bits per heavy atom. The number of hydrogen-bond donors (Lipinski definition) is 1. The Labute approximate surface area is 155 Å². The van der Waals surface area contributed by atoms with Gasteiger partial charge in [-0.15, -0.1) is 0 Å². The van der Waals surface area contributed by atoms with Gasteiger partial charge < -0.3 is 19.7 Å². The molecule has 0 aliphatic heterocycles. The largest absolute Gasteiger partial charge is 0.497 e. The minimum Gasteiger partial charge on any atom is -0.497 e. The molecule has 0 aromatic heterocycles. The number of nitro benzene ring substituents is 1. The molecule has 0 aliphatic carbocycles. The van der Waals surface area contributed by atoms with Crippen LogP contribution >= 0.6 is 0 Å². The van der Waals surface area contributed by atoms with Gasteiger partial charge in [0.05, 0.1) is 25.7 Å². The topological polar surface area (TPSA) is 111 Å². The number of ether oxygens (including phenoxy) is 2. The first-order valence-electron chi connectivity index (χ1n) is 7.87. The van der Waals surface area contributed by atoms with Gasteiger partial charge >= 0.3 is 5.69 Å². The molecule has 0 saturated carbocycles. The smallest absolute Gasteiger partial charge is 0.311 e. The van der Waals surface area contributed by atoms with E-state index < -0.39 is 16.7 Å². The van der Waals surface area contributed by atoms with E-state index in [4.69, 9.17) is 9.47 Å². The number of nitrogens with one attached hydrogen (secondary N) is 1. The molecule has 0 heterocycles. The molecule has 27 heavy (non-hydrogen) atoms. The van der Waals surface area contributed by atoms with E-state index in [-0.39, 0.29) is 23.5 Å². The quantitative estimate of drug-likeness (QED) is 0.589. The molecule has 2 rings (SSSR count). The molecule has 0 fully saturated rings. The summed E-state index contributed by atoms with van der Waals surface area (Å²) in [6.45, 7) is -0.226. The van der Waals surface area contributed by atoms with Gasteiger partial charge in [0.1, 0.15) is 5.75 Å². The van der Waals surface area contributed by atoms with Gasteiger partial charge in [0.25, 0.3) is 5.91 Å². The highest BCUT2D eigenvalue weighted by atomic mass is 16.6. The number of rotatable bonds is 7. The van der Waals surface area contributed by atoms with Crippen molar-refractivity contribution in [3.05, 3.63) is 58.1 Å². The maximum absolute atomic E-state index is 12.5. The van der Waals surface area contributed by atoms with Crippen molar-refractivity contribution in [2.24, 2.45) is 0 Å². The molecule has 0 aliphatic rings. The van der Waals surface area contributed by atoms with E-state index in [1.807, 2.05) is 0 Å². The number of methoxy groups -OCH3 is 2. The van der Waals surface area contributed by atoms with Crippen LogP contribution in [0.25, 0.3) is 0 Å². The van der Waals surface area contributed by atoms with Crippen LogP contribution in [-0.4, -0.2) is 49.4 Å². The molecular formula is C18H19N3O6. The van der Waals surface area contributed by atoms with Crippen LogP contribution in [-0.2, 0) is 4.79 Å². The normalized spacial score (nSPS) is 10.0. The standard InChI is InChI=1S/C18H19N3O6/c1-20(11-17(22)19-13-5-4-6-14(10-13)26-2)18(23)12-7-8-16(27-3)15(9-12)21(24)25/h4-10H,11H2,1-3H3,(H,19,22). The Balaban J connectivity index is 2.07. The number of carbonyl (C=O) groups is 2. The average molecular weight is 373 g/mol. The summed E-state index contributed by atoms with van der Waals surface area (Å²) in [5.41, 5.74) is 0.289. The van der Waals surface area contributed by atoms with Crippen molar-refractivity contribution in [3.63, 3.8) is 0 Å². The summed E-state index contributed by atoms with van der Waals surface area (Å²) in [5, 5.41) is 13.7. The minimum absolute atomic E-state index is 0.0509. The minimum atomic E-state index is -0.634. The van der Waals surface area contributed by atoms with Crippen LogP contribution in [0.4, 0.5) is 11.4 Å². The summed E-state index contributed by atoms with van der Waals surface area (Å²) >= 11 is 0. The maximum Gasteiger partial charge on any atom is 0.311 e. The number of nitro groups is 1. The summed E-state index contributed by atoms with van der Waals surface area (Å²) < 4.78 is 9.99. The van der Waals surface area contributed by atoms with Gasteiger partial charge in [-0.25, -0.2) is 0 Å². The number of benzene rings is 2. The molecule has 0 radical (unpaired) electrons. The Bertz CT molecular complexity index is 868. The Hall–Kier alpha value is -3.62. The number of anilines is 1. The molecule has 2 aromatic carbocycles. The molecule has 0 bridgehead atoms. The Kier molecular flexibility index (Phi) is 6.32. The predicted octanol–water partition coefficient (Wildman–Crippen LogP) is 2.32. The third-order valence-electron chi connectivity index (χ3n) is 3.70. The molecular weight excluding hydrogens is 354 g/mol. The first-order chi connectivity index (χ1) is 12.8. The lowest BCUT2D eigenvalue weighted by Crippen LogP contribution is -2.34. The van der Waals surface area contributed by atoms with Crippen LogP contribution in [0.3, 0.4) is 0 Å². The van der Waals surface area contributed by atoms with E-state index in [1.165, 1.54) is 38.3 Å². The molecule has 9 heteroatoms. The lowest BCUT2D eigenvalue weighted by atomic mass is 10.1. The molecule has 2 aromatic rings. The van der Waals surface area contributed by atoms with Crippen molar-refractivity contribution < 1.29 is 24.0 Å². The number of amides is 2. The number of carbonyl (C=O) groups excluding carboxylic acids is 2. The first kappa shape index (κ1) is 19.7. The first-order valence-corrected chi connectivity index (χ1v) is 7.87. The second kappa shape index (κ2) is 8.65. The number of likely N-dealkylation sites (N-methyl/N-ethyl adjacent to an activating group) is 1. The van der Waals surface area contributed by atoms with Crippen molar-refractivity contribution >= 4 is 23.2 Å². The van der Waals surface area contributed by atoms with Crippen molar-refractivity contribution in [1.29, 1.82) is 0 Å². The lowest BCUT2D eigenvalue weighted by molar-refractivity contribution is -0.385. The van der Waals surface area contributed by atoms with Gasteiger partial charge in [0.2, 0.25) is 5.91 Å². The van der Waals surface area contributed by atoms with Crippen LogP contribution in [0.5, 0.6) is 11.5 Å². The SMILES string of the molecule is COc1cccc(NC(=O)CN(C)C(=O)c2ccc(OC)c([N+](=O)[O-])c2)c1. The van der Waals surface area contributed by atoms with Crippen molar-refractivity contribution in [2.75, 3.05) is 33.1 Å². The molecule has 2 amide bonds. The van der Waals surface area contributed by atoms with Crippen molar-refractivity contribution in [1.82, 2.24) is 4.90 Å². The van der Waals surface area contributed by atoms with Crippen molar-refractivity contribution in [2.45, 2.75) is 0 Å². The second-order valence-corrected chi connectivity index (χ2v) is 5.59. The predicted molar refractivity (Wildman–Crippen MR) is 98.2 cm³/mol. The zero-order valence-electron chi connectivity index (χ0n) is 15.1. The Morgan fingerprint density at radius 3 is 2.52 bits per heavy atom. The summed E-state index contributed by atoms with van der Waals surface area (Å²) in [7, 11) is 4.25. The van der Waals surface area contributed by atoms with Gasteiger partial charge in [-0.3, -0.25) is 19.7 Å². The highest BCUT2D eigenvalue weighted by Gasteiger charge is 2.21. The molecule has 9 nitrogen and oxygen atoms in total. The molecule has 1 N–H and O–H groups in total. The van der Waals surface area contributed by atoms with Gasteiger partial charge in [-0.05, 0) is 24.3 Å².